The molecule has 0 atom stereocenters. The Labute approximate surface area is 91.7 Å². The van der Waals surface area contributed by atoms with Gasteiger partial charge < -0.3 is 5.73 Å². The van der Waals surface area contributed by atoms with Gasteiger partial charge >= 0.3 is 0 Å². The van der Waals surface area contributed by atoms with Crippen molar-refractivity contribution in [2.75, 3.05) is 5.73 Å². The molecule has 0 aliphatic heterocycles. The van der Waals surface area contributed by atoms with Gasteiger partial charge in [-0.25, -0.2) is 4.68 Å². The van der Waals surface area contributed by atoms with Gasteiger partial charge in [0.2, 0.25) is 0 Å². The Hall–Kier alpha value is -0.990. The zero-order valence-corrected chi connectivity index (χ0v) is 9.52. The van der Waals surface area contributed by atoms with Gasteiger partial charge in [0.05, 0.1) is 12.2 Å². The fraction of sp³-hybridized carbons (Fsp3) is 0.750. The largest absolute Gasteiger partial charge is 0.384 e. The predicted molar refractivity (Wildman–Crippen MR) is 62.5 cm³/mol. The standard InChI is InChI=1S/C12H21N3/c1-2-3-10-4-6-11(7-5-10)15-12(13)8-9-14-15/h8-11H,2-7,13H2,1H3. The maximum absolute atomic E-state index is 5.87. The van der Waals surface area contributed by atoms with Crippen LogP contribution < -0.4 is 5.73 Å². The predicted octanol–water partition coefficient (Wildman–Crippen LogP) is 3.00. The molecule has 1 heterocycles. The molecule has 0 aromatic carbocycles. The van der Waals surface area contributed by atoms with Crippen LogP contribution >= 0.6 is 0 Å². The van der Waals surface area contributed by atoms with Gasteiger partial charge in [0.15, 0.2) is 0 Å². The van der Waals surface area contributed by atoms with E-state index in [0.29, 0.717) is 6.04 Å². The summed E-state index contributed by atoms with van der Waals surface area (Å²) in [5.41, 5.74) is 5.87. The summed E-state index contributed by atoms with van der Waals surface area (Å²) in [5, 5.41) is 4.30. The smallest absolute Gasteiger partial charge is 0.121 e. The number of nitrogens with two attached hydrogens (primary N) is 1. The number of rotatable bonds is 3. The molecule has 3 heteroatoms. The zero-order chi connectivity index (χ0) is 10.7. The molecule has 15 heavy (non-hydrogen) atoms. The van der Waals surface area contributed by atoms with Crippen LogP contribution in [0.1, 0.15) is 51.5 Å². The van der Waals surface area contributed by atoms with E-state index in [1.54, 1.807) is 6.20 Å². The van der Waals surface area contributed by atoms with Gasteiger partial charge in [0, 0.05) is 0 Å². The van der Waals surface area contributed by atoms with E-state index in [4.69, 9.17) is 5.73 Å². The molecule has 84 valence electrons. The molecule has 2 N–H and O–H groups in total. The van der Waals surface area contributed by atoms with Crippen LogP contribution in [0.5, 0.6) is 0 Å². The first-order valence-electron chi connectivity index (χ1n) is 6.10. The monoisotopic (exact) mass is 207 g/mol. The van der Waals surface area contributed by atoms with E-state index in [0.717, 1.165) is 11.7 Å². The van der Waals surface area contributed by atoms with Crippen LogP contribution in [0.25, 0.3) is 0 Å². The van der Waals surface area contributed by atoms with Crippen LogP contribution in [0.3, 0.4) is 0 Å². The normalized spacial score (nSPS) is 26.7. The van der Waals surface area contributed by atoms with Crippen LogP contribution in [0.4, 0.5) is 5.82 Å². The van der Waals surface area contributed by atoms with Gasteiger partial charge in [0.25, 0.3) is 0 Å². The first kappa shape index (κ1) is 10.5. The SMILES string of the molecule is CCCC1CCC(n2nccc2N)CC1. The lowest BCUT2D eigenvalue weighted by atomic mass is 9.83. The van der Waals surface area contributed by atoms with E-state index < -0.39 is 0 Å². The third kappa shape index (κ3) is 2.33. The molecule has 1 aromatic heterocycles. The van der Waals surface area contributed by atoms with Crippen molar-refractivity contribution in [2.24, 2.45) is 5.92 Å². The second-order valence-electron chi connectivity index (χ2n) is 4.66. The lowest BCUT2D eigenvalue weighted by molar-refractivity contribution is 0.252. The second kappa shape index (κ2) is 4.69. The Morgan fingerprint density at radius 2 is 2.13 bits per heavy atom. The molecule has 1 aromatic rings. The van der Waals surface area contributed by atoms with E-state index >= 15 is 0 Å². The van der Waals surface area contributed by atoms with Crippen molar-refractivity contribution in [1.29, 1.82) is 0 Å². The third-order valence-corrected chi connectivity index (χ3v) is 3.56. The number of anilines is 1. The quantitative estimate of drug-likeness (QED) is 0.828. The summed E-state index contributed by atoms with van der Waals surface area (Å²) in [6.07, 6.45) is 9.69. The summed E-state index contributed by atoms with van der Waals surface area (Å²) in [4.78, 5) is 0. The Kier molecular flexibility index (Phi) is 3.29. The minimum atomic E-state index is 0.549. The summed E-state index contributed by atoms with van der Waals surface area (Å²) in [6.45, 7) is 2.28. The average Bonchev–Trinajstić information content (AvgIpc) is 2.66. The summed E-state index contributed by atoms with van der Waals surface area (Å²) >= 11 is 0. The van der Waals surface area contributed by atoms with E-state index in [-0.39, 0.29) is 0 Å². The second-order valence-corrected chi connectivity index (χ2v) is 4.66. The van der Waals surface area contributed by atoms with Crippen molar-refractivity contribution in [3.63, 3.8) is 0 Å². The van der Waals surface area contributed by atoms with Gasteiger partial charge in [0.1, 0.15) is 5.82 Å². The number of nitrogens with zero attached hydrogens (tertiary/aromatic N) is 2. The molecule has 1 fully saturated rings. The first-order valence-corrected chi connectivity index (χ1v) is 6.10. The molecular formula is C12H21N3. The van der Waals surface area contributed by atoms with E-state index in [2.05, 4.69) is 12.0 Å². The van der Waals surface area contributed by atoms with Crippen LogP contribution in [0.15, 0.2) is 12.3 Å². The summed E-state index contributed by atoms with van der Waals surface area (Å²) in [6, 6.07) is 2.44. The third-order valence-electron chi connectivity index (χ3n) is 3.56. The molecule has 1 aliphatic carbocycles. The highest BCUT2D eigenvalue weighted by atomic mass is 15.3. The maximum atomic E-state index is 5.87. The fourth-order valence-electron chi connectivity index (χ4n) is 2.72. The molecule has 0 spiro atoms. The Balaban J connectivity index is 1.91. The molecule has 0 unspecified atom stereocenters. The summed E-state index contributed by atoms with van der Waals surface area (Å²) < 4.78 is 2.00. The topological polar surface area (TPSA) is 43.8 Å². The van der Waals surface area contributed by atoms with E-state index in [1.807, 2.05) is 10.7 Å². The van der Waals surface area contributed by atoms with Crippen molar-refractivity contribution in [3.05, 3.63) is 12.3 Å². The molecule has 1 aliphatic rings. The summed E-state index contributed by atoms with van der Waals surface area (Å²) in [5.74, 6) is 1.76. The van der Waals surface area contributed by atoms with Crippen LogP contribution in [-0.4, -0.2) is 9.78 Å². The Morgan fingerprint density at radius 1 is 1.40 bits per heavy atom. The van der Waals surface area contributed by atoms with Gasteiger partial charge in [-0.1, -0.05) is 19.8 Å². The minimum absolute atomic E-state index is 0.549. The highest BCUT2D eigenvalue weighted by Crippen LogP contribution is 2.34. The molecular weight excluding hydrogens is 186 g/mol. The minimum Gasteiger partial charge on any atom is -0.384 e. The molecule has 0 radical (unpaired) electrons. The summed E-state index contributed by atoms with van der Waals surface area (Å²) in [7, 11) is 0. The maximum Gasteiger partial charge on any atom is 0.121 e. The van der Waals surface area contributed by atoms with E-state index in [9.17, 15) is 0 Å². The molecule has 1 saturated carbocycles. The lowest BCUT2D eigenvalue weighted by Crippen LogP contribution is -2.20. The average molecular weight is 207 g/mol. The molecule has 0 saturated heterocycles. The number of nitrogen functional groups attached to an aromatic ring is 1. The molecule has 0 bridgehead atoms. The van der Waals surface area contributed by atoms with Gasteiger partial charge in [-0.15, -0.1) is 0 Å². The highest BCUT2D eigenvalue weighted by molar-refractivity contribution is 5.26. The molecule has 3 nitrogen and oxygen atoms in total. The van der Waals surface area contributed by atoms with Crippen LogP contribution in [-0.2, 0) is 0 Å². The van der Waals surface area contributed by atoms with Gasteiger partial charge in [-0.2, -0.15) is 5.10 Å². The number of hydrogen-bond donors (Lipinski definition) is 1. The van der Waals surface area contributed by atoms with E-state index in [1.165, 1.54) is 38.5 Å². The zero-order valence-electron chi connectivity index (χ0n) is 9.52. The molecule has 0 amide bonds. The number of hydrogen-bond acceptors (Lipinski definition) is 2. The number of aromatic nitrogens is 2. The lowest BCUT2D eigenvalue weighted by Gasteiger charge is -2.28. The molecule has 2 rings (SSSR count). The van der Waals surface area contributed by atoms with Crippen molar-refractivity contribution >= 4 is 5.82 Å². The Morgan fingerprint density at radius 3 is 2.67 bits per heavy atom. The van der Waals surface area contributed by atoms with Crippen LogP contribution in [0, 0.1) is 5.92 Å². The van der Waals surface area contributed by atoms with Crippen molar-refractivity contribution in [2.45, 2.75) is 51.5 Å². The van der Waals surface area contributed by atoms with Crippen molar-refractivity contribution in [3.8, 4) is 0 Å². The van der Waals surface area contributed by atoms with Crippen LogP contribution in [0.2, 0.25) is 0 Å². The highest BCUT2D eigenvalue weighted by Gasteiger charge is 2.22. The first-order chi connectivity index (χ1) is 7.31. The fourth-order valence-corrected chi connectivity index (χ4v) is 2.72. The van der Waals surface area contributed by atoms with Gasteiger partial charge in [-0.3, -0.25) is 0 Å². The van der Waals surface area contributed by atoms with Crippen molar-refractivity contribution in [1.82, 2.24) is 9.78 Å². The van der Waals surface area contributed by atoms with Gasteiger partial charge in [-0.05, 0) is 37.7 Å². The Bertz CT molecular complexity index is 298. The van der Waals surface area contributed by atoms with Crippen molar-refractivity contribution < 1.29 is 0 Å².